The highest BCUT2D eigenvalue weighted by molar-refractivity contribution is 7.12. The molecule has 0 aliphatic rings. The number of hydrogen-bond donors (Lipinski definition) is 1. The van der Waals surface area contributed by atoms with E-state index in [1.807, 2.05) is 10.6 Å². The maximum absolute atomic E-state index is 11.2. The molecule has 0 amide bonds. The van der Waals surface area contributed by atoms with E-state index in [9.17, 15) is 9.90 Å². The summed E-state index contributed by atoms with van der Waals surface area (Å²) >= 11 is 1.75. The summed E-state index contributed by atoms with van der Waals surface area (Å²) in [6.45, 7) is 4.18. The molecule has 0 aliphatic carbocycles. The minimum absolute atomic E-state index is 0.141. The fraction of sp³-hybridized carbons (Fsp3) is 0.200. The highest BCUT2D eigenvalue weighted by Gasteiger charge is 2.16. The number of fused-ring (bicyclic) bond motifs is 1. The molecule has 20 heavy (non-hydrogen) atoms. The maximum Gasteiger partial charge on any atom is 0.337 e. The van der Waals surface area contributed by atoms with Crippen LogP contribution in [-0.4, -0.2) is 20.6 Å². The van der Waals surface area contributed by atoms with E-state index in [1.165, 1.54) is 9.75 Å². The minimum Gasteiger partial charge on any atom is -0.478 e. The third-order valence-corrected chi connectivity index (χ3v) is 4.60. The predicted octanol–water partition coefficient (Wildman–Crippen LogP) is 3.71. The van der Waals surface area contributed by atoms with E-state index in [0.717, 1.165) is 5.52 Å². The first kappa shape index (κ1) is 12.9. The minimum atomic E-state index is -0.944. The Balaban J connectivity index is 2.13. The average molecular weight is 286 g/mol. The summed E-state index contributed by atoms with van der Waals surface area (Å²) in [7, 11) is 0. The van der Waals surface area contributed by atoms with E-state index >= 15 is 0 Å². The topological polar surface area (TPSA) is 55.1 Å². The number of para-hydroxylation sites is 1. The molecule has 4 nitrogen and oxygen atoms in total. The van der Waals surface area contributed by atoms with Crippen molar-refractivity contribution >= 4 is 28.3 Å². The number of carbonyl (C=O) groups is 1. The van der Waals surface area contributed by atoms with Crippen LogP contribution < -0.4 is 0 Å². The third kappa shape index (κ3) is 2.00. The molecule has 1 N–H and O–H groups in total. The van der Waals surface area contributed by atoms with E-state index in [1.54, 1.807) is 29.8 Å². The summed E-state index contributed by atoms with van der Waals surface area (Å²) in [5.41, 5.74) is 1.64. The second-order valence-electron chi connectivity index (χ2n) is 4.75. The van der Waals surface area contributed by atoms with Crippen LogP contribution in [0.15, 0.2) is 36.7 Å². The van der Waals surface area contributed by atoms with Crippen LogP contribution in [0.4, 0.5) is 0 Å². The molecule has 3 aromatic rings. The molecule has 5 heteroatoms. The van der Waals surface area contributed by atoms with Crippen molar-refractivity contribution in [1.82, 2.24) is 9.55 Å². The molecule has 0 fully saturated rings. The van der Waals surface area contributed by atoms with Gasteiger partial charge in [0.2, 0.25) is 0 Å². The Labute approximate surface area is 120 Å². The predicted molar refractivity (Wildman–Crippen MR) is 79.6 cm³/mol. The largest absolute Gasteiger partial charge is 0.478 e. The molecule has 1 atom stereocenters. The lowest BCUT2D eigenvalue weighted by atomic mass is 10.1. The molecule has 3 rings (SSSR count). The Morgan fingerprint density at radius 1 is 1.35 bits per heavy atom. The van der Waals surface area contributed by atoms with Crippen LogP contribution in [-0.2, 0) is 0 Å². The van der Waals surface area contributed by atoms with Gasteiger partial charge in [-0.25, -0.2) is 9.78 Å². The van der Waals surface area contributed by atoms with Gasteiger partial charge in [0.1, 0.15) is 5.52 Å². The van der Waals surface area contributed by atoms with Crippen molar-refractivity contribution in [2.45, 2.75) is 19.9 Å². The lowest BCUT2D eigenvalue weighted by Crippen LogP contribution is -2.04. The van der Waals surface area contributed by atoms with Crippen molar-refractivity contribution in [1.29, 1.82) is 0 Å². The van der Waals surface area contributed by atoms with E-state index in [0.29, 0.717) is 5.52 Å². The first-order valence-corrected chi connectivity index (χ1v) is 7.15. The van der Waals surface area contributed by atoms with Crippen molar-refractivity contribution in [3.63, 3.8) is 0 Å². The van der Waals surface area contributed by atoms with Gasteiger partial charge in [0.25, 0.3) is 0 Å². The second-order valence-corrected chi connectivity index (χ2v) is 6.07. The average Bonchev–Trinajstić information content (AvgIpc) is 3.03. The number of nitrogens with zero attached hydrogens (tertiary/aromatic N) is 2. The number of thiophene rings is 1. The number of aromatic nitrogens is 2. The fourth-order valence-corrected chi connectivity index (χ4v) is 3.28. The zero-order valence-corrected chi connectivity index (χ0v) is 12.0. The lowest BCUT2D eigenvalue weighted by Gasteiger charge is -2.12. The molecule has 0 radical (unpaired) electrons. The molecule has 0 bridgehead atoms. The first-order chi connectivity index (χ1) is 9.58. The van der Waals surface area contributed by atoms with Crippen LogP contribution in [0.5, 0.6) is 0 Å². The smallest absolute Gasteiger partial charge is 0.337 e. The van der Waals surface area contributed by atoms with E-state index < -0.39 is 5.97 Å². The van der Waals surface area contributed by atoms with Gasteiger partial charge in [0.15, 0.2) is 0 Å². The molecule has 102 valence electrons. The summed E-state index contributed by atoms with van der Waals surface area (Å²) in [6, 6.07) is 9.60. The number of rotatable bonds is 3. The van der Waals surface area contributed by atoms with Crippen molar-refractivity contribution in [2.24, 2.45) is 0 Å². The lowest BCUT2D eigenvalue weighted by molar-refractivity contribution is 0.0699. The van der Waals surface area contributed by atoms with Crippen molar-refractivity contribution in [3.05, 3.63) is 52.0 Å². The number of hydrogen-bond acceptors (Lipinski definition) is 3. The summed E-state index contributed by atoms with van der Waals surface area (Å²) in [5.74, 6) is -0.944. The Morgan fingerprint density at radius 2 is 2.15 bits per heavy atom. The highest BCUT2D eigenvalue weighted by Crippen LogP contribution is 2.29. The SMILES string of the molecule is Cc1ccc(C(C)n2cnc3c(C(=O)O)cccc32)s1. The number of imidazole rings is 1. The maximum atomic E-state index is 11.2. The van der Waals surface area contributed by atoms with Gasteiger partial charge in [-0.2, -0.15) is 0 Å². The monoisotopic (exact) mass is 286 g/mol. The van der Waals surface area contributed by atoms with Gasteiger partial charge < -0.3 is 9.67 Å². The van der Waals surface area contributed by atoms with Crippen LogP contribution >= 0.6 is 11.3 Å². The number of benzene rings is 1. The van der Waals surface area contributed by atoms with Crippen LogP contribution in [0.25, 0.3) is 11.0 Å². The van der Waals surface area contributed by atoms with Crippen LogP contribution in [0.3, 0.4) is 0 Å². The number of carboxylic acid groups (broad SMARTS) is 1. The molecule has 1 aromatic carbocycles. The fourth-order valence-electron chi connectivity index (χ4n) is 2.35. The quantitative estimate of drug-likeness (QED) is 0.798. The van der Waals surface area contributed by atoms with E-state index in [-0.39, 0.29) is 11.6 Å². The van der Waals surface area contributed by atoms with Crippen molar-refractivity contribution in [2.75, 3.05) is 0 Å². The summed E-state index contributed by atoms with van der Waals surface area (Å²) in [4.78, 5) is 18.0. The van der Waals surface area contributed by atoms with E-state index in [2.05, 4.69) is 31.0 Å². The van der Waals surface area contributed by atoms with Crippen LogP contribution in [0, 0.1) is 6.92 Å². The third-order valence-electron chi connectivity index (χ3n) is 3.42. The van der Waals surface area contributed by atoms with Crippen LogP contribution in [0.1, 0.15) is 33.1 Å². The highest BCUT2D eigenvalue weighted by atomic mass is 32.1. The summed E-state index contributed by atoms with van der Waals surface area (Å²) in [5, 5.41) is 9.20. The molecule has 1 unspecified atom stereocenters. The second kappa shape index (κ2) is 4.76. The molecular formula is C15H14N2O2S. The zero-order valence-electron chi connectivity index (χ0n) is 11.2. The van der Waals surface area contributed by atoms with E-state index in [4.69, 9.17) is 0 Å². The summed E-state index contributed by atoms with van der Waals surface area (Å²) in [6.07, 6.45) is 1.72. The number of aromatic carboxylic acids is 1. The van der Waals surface area contributed by atoms with Gasteiger partial charge in [-0.15, -0.1) is 11.3 Å². The zero-order chi connectivity index (χ0) is 14.3. The molecule has 0 saturated carbocycles. The normalized spacial score (nSPS) is 12.7. The molecule has 2 heterocycles. The van der Waals surface area contributed by atoms with Gasteiger partial charge in [0.05, 0.1) is 23.4 Å². The Hall–Kier alpha value is -2.14. The van der Waals surface area contributed by atoms with Crippen LogP contribution in [0.2, 0.25) is 0 Å². The van der Waals surface area contributed by atoms with Gasteiger partial charge in [-0.1, -0.05) is 6.07 Å². The van der Waals surface area contributed by atoms with Gasteiger partial charge in [-0.05, 0) is 38.1 Å². The van der Waals surface area contributed by atoms with Gasteiger partial charge in [-0.3, -0.25) is 0 Å². The molecule has 0 spiro atoms. The Bertz CT molecular complexity index is 788. The molecular weight excluding hydrogens is 272 g/mol. The van der Waals surface area contributed by atoms with Gasteiger partial charge >= 0.3 is 5.97 Å². The Kier molecular flexibility index (Phi) is 3.06. The molecule has 0 aliphatic heterocycles. The standard InChI is InChI=1S/C15H14N2O2S/c1-9-6-7-13(20-9)10(2)17-8-16-14-11(15(18)19)4-3-5-12(14)17/h3-8,10H,1-2H3,(H,18,19). The van der Waals surface area contributed by atoms with Crippen molar-refractivity contribution in [3.8, 4) is 0 Å². The number of aryl methyl sites for hydroxylation is 1. The first-order valence-electron chi connectivity index (χ1n) is 6.33. The van der Waals surface area contributed by atoms with Crippen molar-refractivity contribution < 1.29 is 9.90 Å². The molecule has 0 saturated heterocycles. The Morgan fingerprint density at radius 3 is 2.80 bits per heavy atom. The van der Waals surface area contributed by atoms with Gasteiger partial charge in [0, 0.05) is 9.75 Å². The summed E-state index contributed by atoms with van der Waals surface area (Å²) < 4.78 is 2.02. The molecule has 2 aromatic heterocycles. The number of carboxylic acids is 1.